The smallest absolute Gasteiger partial charge is 0.340 e. The second-order valence-electron chi connectivity index (χ2n) is 7.18. The number of ether oxygens (including phenoxy) is 3. The molecule has 0 atom stereocenters. The monoisotopic (exact) mass is 425 g/mol. The lowest BCUT2D eigenvalue weighted by Crippen LogP contribution is -2.15. The van der Waals surface area contributed by atoms with Gasteiger partial charge in [-0.1, -0.05) is 23.7 Å². The number of hydrogen-bond donors (Lipinski definition) is 0. The van der Waals surface area contributed by atoms with E-state index in [0.29, 0.717) is 28.7 Å². The van der Waals surface area contributed by atoms with Crippen molar-refractivity contribution in [3.8, 4) is 33.9 Å². The first-order valence-corrected chi connectivity index (χ1v) is 10.3. The van der Waals surface area contributed by atoms with Crippen LogP contribution in [0.2, 0.25) is 5.02 Å². The predicted octanol–water partition coefficient (Wildman–Crippen LogP) is 5.53. The molecule has 6 heteroatoms. The molecule has 2 heterocycles. The number of aromatic nitrogens is 1. The third-order valence-electron chi connectivity index (χ3n) is 5.59. The van der Waals surface area contributed by atoms with Crippen molar-refractivity contribution in [2.75, 3.05) is 20.8 Å². The van der Waals surface area contributed by atoms with E-state index in [-0.39, 0.29) is 5.97 Å². The molecule has 4 rings (SSSR count). The third kappa shape index (κ3) is 3.23. The standard InChI is InChI=1S/C24H24ClNO4/c1-5-30-24(27)22-21(16-7-6-8-17(25)11-16)14(2)26-10-9-15-12-19(28-3)20(29-4)13-18(15)23(22)26/h6-8,11-13H,5,9-10H2,1-4H3. The summed E-state index contributed by atoms with van der Waals surface area (Å²) in [5.41, 5.74) is 6.24. The molecule has 1 aromatic heterocycles. The van der Waals surface area contributed by atoms with Gasteiger partial charge < -0.3 is 18.8 Å². The average Bonchev–Trinajstić information content (AvgIpc) is 3.05. The van der Waals surface area contributed by atoms with Crippen LogP contribution in [0.5, 0.6) is 11.5 Å². The van der Waals surface area contributed by atoms with Gasteiger partial charge in [0.15, 0.2) is 11.5 Å². The minimum atomic E-state index is -0.341. The lowest BCUT2D eigenvalue weighted by atomic mass is 9.93. The summed E-state index contributed by atoms with van der Waals surface area (Å²) in [4.78, 5) is 13.2. The number of rotatable bonds is 5. The minimum absolute atomic E-state index is 0.302. The van der Waals surface area contributed by atoms with Crippen molar-refractivity contribution < 1.29 is 19.0 Å². The first kappa shape index (κ1) is 20.4. The first-order valence-electron chi connectivity index (χ1n) is 9.91. The van der Waals surface area contributed by atoms with Crippen LogP contribution in [0.25, 0.3) is 22.4 Å². The van der Waals surface area contributed by atoms with Crippen LogP contribution < -0.4 is 9.47 Å². The largest absolute Gasteiger partial charge is 0.493 e. The van der Waals surface area contributed by atoms with E-state index in [1.54, 1.807) is 14.2 Å². The van der Waals surface area contributed by atoms with E-state index in [1.165, 1.54) is 0 Å². The summed E-state index contributed by atoms with van der Waals surface area (Å²) in [6, 6.07) is 11.5. The number of benzene rings is 2. The Balaban J connectivity index is 2.05. The number of esters is 1. The fourth-order valence-corrected chi connectivity index (χ4v) is 4.47. The highest BCUT2D eigenvalue weighted by Gasteiger charge is 2.32. The van der Waals surface area contributed by atoms with Crippen LogP contribution in [0.3, 0.4) is 0 Å². The van der Waals surface area contributed by atoms with Crippen LogP contribution in [0.4, 0.5) is 0 Å². The first-order chi connectivity index (χ1) is 14.5. The summed E-state index contributed by atoms with van der Waals surface area (Å²) >= 11 is 6.27. The summed E-state index contributed by atoms with van der Waals surface area (Å²) in [6.45, 7) is 4.91. The van der Waals surface area contributed by atoms with Crippen molar-refractivity contribution in [2.45, 2.75) is 26.8 Å². The van der Waals surface area contributed by atoms with Crippen LogP contribution >= 0.6 is 11.6 Å². The van der Waals surface area contributed by atoms with Crippen molar-refractivity contribution in [3.05, 3.63) is 58.2 Å². The van der Waals surface area contributed by atoms with Crippen molar-refractivity contribution in [3.63, 3.8) is 0 Å². The summed E-state index contributed by atoms with van der Waals surface area (Å²) in [5, 5.41) is 0.623. The van der Waals surface area contributed by atoms with E-state index in [2.05, 4.69) is 4.57 Å². The van der Waals surface area contributed by atoms with Gasteiger partial charge in [-0.25, -0.2) is 4.79 Å². The molecule has 1 aliphatic rings. The number of aryl methyl sites for hydroxylation is 1. The molecule has 1 aliphatic heterocycles. The Morgan fingerprint density at radius 3 is 2.53 bits per heavy atom. The van der Waals surface area contributed by atoms with E-state index < -0.39 is 0 Å². The van der Waals surface area contributed by atoms with Gasteiger partial charge in [0, 0.05) is 28.4 Å². The summed E-state index contributed by atoms with van der Waals surface area (Å²) in [6.07, 6.45) is 0.829. The van der Waals surface area contributed by atoms with Gasteiger partial charge in [0.25, 0.3) is 0 Å². The molecule has 0 radical (unpaired) electrons. The molecule has 0 spiro atoms. The number of carbonyl (C=O) groups excluding carboxylic acids is 1. The molecule has 3 aromatic rings. The molecule has 0 bridgehead atoms. The molecule has 5 nitrogen and oxygen atoms in total. The number of methoxy groups -OCH3 is 2. The van der Waals surface area contributed by atoms with Crippen LogP contribution in [-0.4, -0.2) is 31.4 Å². The SMILES string of the molecule is CCOC(=O)c1c(-c2cccc(Cl)c2)c(C)n2c1-c1cc(OC)c(OC)cc1CC2. The molecule has 0 unspecified atom stereocenters. The zero-order chi connectivity index (χ0) is 21.4. The second kappa shape index (κ2) is 8.07. The molecular formula is C24H24ClNO4. The Kier molecular flexibility index (Phi) is 5.48. The Bertz CT molecular complexity index is 1130. The van der Waals surface area contributed by atoms with Crippen molar-refractivity contribution in [1.82, 2.24) is 4.57 Å². The van der Waals surface area contributed by atoms with E-state index in [1.807, 2.05) is 50.2 Å². The number of hydrogen-bond acceptors (Lipinski definition) is 4. The van der Waals surface area contributed by atoms with Gasteiger partial charge in [-0.15, -0.1) is 0 Å². The Labute approximate surface area is 181 Å². The second-order valence-corrected chi connectivity index (χ2v) is 7.62. The maximum Gasteiger partial charge on any atom is 0.340 e. The number of fused-ring (bicyclic) bond motifs is 3. The van der Waals surface area contributed by atoms with Gasteiger partial charge in [0.05, 0.1) is 32.1 Å². The number of carbonyl (C=O) groups is 1. The van der Waals surface area contributed by atoms with Gasteiger partial charge in [-0.3, -0.25) is 0 Å². The summed E-state index contributed by atoms with van der Waals surface area (Å²) < 4.78 is 18.7. The molecule has 156 valence electrons. The van der Waals surface area contributed by atoms with Gasteiger partial charge in [0.1, 0.15) is 0 Å². The highest BCUT2D eigenvalue weighted by Crippen LogP contribution is 2.45. The Morgan fingerprint density at radius 2 is 1.87 bits per heavy atom. The highest BCUT2D eigenvalue weighted by molar-refractivity contribution is 6.30. The molecule has 0 N–H and O–H groups in total. The fourth-order valence-electron chi connectivity index (χ4n) is 4.28. The van der Waals surface area contributed by atoms with E-state index in [9.17, 15) is 4.79 Å². The number of nitrogens with zero attached hydrogens (tertiary/aromatic N) is 1. The van der Waals surface area contributed by atoms with Crippen molar-refractivity contribution >= 4 is 17.6 Å². The topological polar surface area (TPSA) is 49.7 Å². The minimum Gasteiger partial charge on any atom is -0.493 e. The highest BCUT2D eigenvalue weighted by atomic mass is 35.5. The summed E-state index contributed by atoms with van der Waals surface area (Å²) in [7, 11) is 3.24. The zero-order valence-corrected chi connectivity index (χ0v) is 18.3. The lowest BCUT2D eigenvalue weighted by molar-refractivity contribution is 0.0528. The van der Waals surface area contributed by atoms with Gasteiger partial charge >= 0.3 is 5.97 Å². The maximum absolute atomic E-state index is 13.2. The molecule has 0 aliphatic carbocycles. The predicted molar refractivity (Wildman–Crippen MR) is 118 cm³/mol. The molecule has 0 saturated carbocycles. The summed E-state index contributed by atoms with van der Waals surface area (Å²) in [5.74, 6) is 0.968. The van der Waals surface area contributed by atoms with Gasteiger partial charge in [0.2, 0.25) is 0 Å². The van der Waals surface area contributed by atoms with E-state index >= 15 is 0 Å². The van der Waals surface area contributed by atoms with Crippen molar-refractivity contribution in [1.29, 1.82) is 0 Å². The Morgan fingerprint density at radius 1 is 1.13 bits per heavy atom. The maximum atomic E-state index is 13.2. The molecular weight excluding hydrogens is 402 g/mol. The average molecular weight is 426 g/mol. The third-order valence-corrected chi connectivity index (χ3v) is 5.82. The molecule has 0 amide bonds. The van der Waals surface area contributed by atoms with Crippen LogP contribution in [0.1, 0.15) is 28.5 Å². The van der Waals surface area contributed by atoms with Gasteiger partial charge in [-0.05, 0) is 55.7 Å². The lowest BCUT2D eigenvalue weighted by Gasteiger charge is -2.23. The fraction of sp³-hybridized carbons (Fsp3) is 0.292. The number of halogens is 1. The molecule has 0 fully saturated rings. The molecule has 0 saturated heterocycles. The van der Waals surface area contributed by atoms with E-state index in [0.717, 1.165) is 46.6 Å². The molecule has 30 heavy (non-hydrogen) atoms. The van der Waals surface area contributed by atoms with Crippen LogP contribution in [-0.2, 0) is 17.7 Å². The Hall–Kier alpha value is -2.92. The normalized spacial score (nSPS) is 12.2. The van der Waals surface area contributed by atoms with Crippen molar-refractivity contribution in [2.24, 2.45) is 0 Å². The van der Waals surface area contributed by atoms with Crippen LogP contribution in [0.15, 0.2) is 36.4 Å². The quantitative estimate of drug-likeness (QED) is 0.504. The van der Waals surface area contributed by atoms with E-state index in [4.69, 9.17) is 25.8 Å². The molecule has 2 aromatic carbocycles. The zero-order valence-electron chi connectivity index (χ0n) is 17.5. The van der Waals surface area contributed by atoms with Crippen LogP contribution in [0, 0.1) is 6.92 Å². The van der Waals surface area contributed by atoms with Gasteiger partial charge in [-0.2, -0.15) is 0 Å².